The summed E-state index contributed by atoms with van der Waals surface area (Å²) in [7, 11) is 0. The third kappa shape index (κ3) is 3.92. The second kappa shape index (κ2) is 8.26. The Hall–Kier alpha value is -3.22. The van der Waals surface area contributed by atoms with Crippen LogP contribution in [0.2, 0.25) is 0 Å². The van der Waals surface area contributed by atoms with Crippen LogP contribution in [0.15, 0.2) is 58.1 Å². The molecule has 1 aliphatic heterocycles. The lowest BCUT2D eigenvalue weighted by atomic mass is 9.99. The molecule has 1 aromatic heterocycles. The molecule has 0 bridgehead atoms. The molecular formula is C23H24FN3O3. The van der Waals surface area contributed by atoms with Crippen LogP contribution in [0.3, 0.4) is 0 Å². The number of halogens is 1. The van der Waals surface area contributed by atoms with Crippen LogP contribution in [-0.2, 0) is 17.9 Å². The second-order valence-electron chi connectivity index (χ2n) is 7.97. The highest BCUT2D eigenvalue weighted by Crippen LogP contribution is 2.17. The van der Waals surface area contributed by atoms with Crippen LogP contribution >= 0.6 is 0 Å². The fourth-order valence-electron chi connectivity index (χ4n) is 3.93. The van der Waals surface area contributed by atoms with Gasteiger partial charge in [0.1, 0.15) is 12.4 Å². The number of carbonyl (C=O) groups excluding carboxylic acids is 1. The van der Waals surface area contributed by atoms with E-state index in [4.69, 9.17) is 0 Å². The minimum Gasteiger partial charge on any atom is -0.341 e. The molecule has 0 radical (unpaired) electrons. The van der Waals surface area contributed by atoms with Gasteiger partial charge in [-0.3, -0.25) is 18.7 Å². The largest absolute Gasteiger partial charge is 0.341 e. The summed E-state index contributed by atoms with van der Waals surface area (Å²) in [5.74, 6) is 0.0832. The van der Waals surface area contributed by atoms with Crippen LogP contribution in [-0.4, -0.2) is 33.0 Å². The monoisotopic (exact) mass is 409 g/mol. The normalized spacial score (nSPS) is 14.9. The number of piperidine rings is 1. The minimum atomic E-state index is -0.540. The summed E-state index contributed by atoms with van der Waals surface area (Å²) in [6.07, 6.45) is 1.90. The summed E-state index contributed by atoms with van der Waals surface area (Å²) in [6.45, 7) is 3.44. The zero-order valence-electron chi connectivity index (χ0n) is 16.9. The number of likely N-dealkylation sites (tertiary alicyclic amines) is 1. The predicted octanol–water partition coefficient (Wildman–Crippen LogP) is 2.61. The first-order chi connectivity index (χ1) is 14.4. The van der Waals surface area contributed by atoms with E-state index >= 15 is 0 Å². The number of benzene rings is 2. The van der Waals surface area contributed by atoms with Crippen molar-refractivity contribution in [2.24, 2.45) is 5.92 Å². The Bertz CT molecular complexity index is 1190. The molecule has 0 atom stereocenters. The van der Waals surface area contributed by atoms with Crippen molar-refractivity contribution < 1.29 is 9.18 Å². The van der Waals surface area contributed by atoms with E-state index in [1.54, 1.807) is 41.3 Å². The molecule has 1 fully saturated rings. The number of fused-ring (bicyclic) bond motifs is 1. The van der Waals surface area contributed by atoms with Gasteiger partial charge in [0.15, 0.2) is 0 Å². The van der Waals surface area contributed by atoms with Gasteiger partial charge in [0, 0.05) is 13.1 Å². The molecular weight excluding hydrogens is 385 g/mol. The lowest BCUT2D eigenvalue weighted by Gasteiger charge is -2.30. The number of para-hydroxylation sites is 1. The van der Waals surface area contributed by atoms with Gasteiger partial charge in [0.2, 0.25) is 5.91 Å². The third-order valence-electron chi connectivity index (χ3n) is 5.82. The van der Waals surface area contributed by atoms with Gasteiger partial charge in [-0.05, 0) is 48.6 Å². The first-order valence-corrected chi connectivity index (χ1v) is 10.2. The molecule has 4 rings (SSSR count). The summed E-state index contributed by atoms with van der Waals surface area (Å²) < 4.78 is 15.7. The maximum Gasteiger partial charge on any atom is 0.332 e. The maximum atomic E-state index is 13.2. The van der Waals surface area contributed by atoms with Gasteiger partial charge in [0.05, 0.1) is 17.4 Å². The smallest absolute Gasteiger partial charge is 0.332 e. The van der Waals surface area contributed by atoms with E-state index < -0.39 is 11.2 Å². The molecule has 0 N–H and O–H groups in total. The average molecular weight is 409 g/mol. The van der Waals surface area contributed by atoms with Crippen molar-refractivity contribution in [3.05, 3.63) is 80.7 Å². The summed E-state index contributed by atoms with van der Waals surface area (Å²) in [4.78, 5) is 40.9. The van der Waals surface area contributed by atoms with E-state index in [0.717, 1.165) is 17.4 Å². The van der Waals surface area contributed by atoms with Crippen molar-refractivity contribution in [3.8, 4) is 0 Å². The van der Waals surface area contributed by atoms with Gasteiger partial charge in [-0.2, -0.15) is 0 Å². The standard InChI is InChI=1S/C23H24FN3O3/c1-16-10-12-25(13-11-16)21(28)15-26-20-5-3-2-4-19(20)22(29)27(23(26)30)14-17-6-8-18(24)9-7-17/h2-9,16H,10-15H2,1H3. The molecule has 7 heteroatoms. The van der Waals surface area contributed by atoms with Gasteiger partial charge >= 0.3 is 5.69 Å². The Kier molecular flexibility index (Phi) is 5.53. The van der Waals surface area contributed by atoms with E-state index in [-0.39, 0.29) is 24.8 Å². The van der Waals surface area contributed by atoms with E-state index in [1.807, 2.05) is 0 Å². The fraction of sp³-hybridized carbons (Fsp3) is 0.348. The Labute approximate surface area is 173 Å². The van der Waals surface area contributed by atoms with E-state index in [9.17, 15) is 18.8 Å². The van der Waals surface area contributed by atoms with Crippen LogP contribution in [0.4, 0.5) is 4.39 Å². The van der Waals surface area contributed by atoms with Gasteiger partial charge < -0.3 is 4.90 Å². The zero-order chi connectivity index (χ0) is 21.3. The van der Waals surface area contributed by atoms with Crippen molar-refractivity contribution in [3.63, 3.8) is 0 Å². The SMILES string of the molecule is CC1CCN(C(=O)Cn2c(=O)n(Cc3ccc(F)cc3)c(=O)c3ccccc32)CC1. The van der Waals surface area contributed by atoms with Crippen molar-refractivity contribution in [1.82, 2.24) is 14.0 Å². The highest BCUT2D eigenvalue weighted by Gasteiger charge is 2.22. The first-order valence-electron chi connectivity index (χ1n) is 10.2. The summed E-state index contributed by atoms with van der Waals surface area (Å²) in [5, 5.41) is 0.374. The predicted molar refractivity (Wildman–Crippen MR) is 113 cm³/mol. The molecule has 6 nitrogen and oxygen atoms in total. The molecule has 0 aliphatic carbocycles. The molecule has 2 aromatic carbocycles. The Morgan fingerprint density at radius 1 is 1.00 bits per heavy atom. The Morgan fingerprint density at radius 2 is 1.67 bits per heavy atom. The molecule has 2 heterocycles. The van der Waals surface area contributed by atoms with Gasteiger partial charge in [-0.25, -0.2) is 9.18 Å². The van der Waals surface area contributed by atoms with Crippen molar-refractivity contribution in [2.45, 2.75) is 32.9 Å². The van der Waals surface area contributed by atoms with Crippen LogP contribution in [0.1, 0.15) is 25.3 Å². The molecule has 30 heavy (non-hydrogen) atoms. The lowest BCUT2D eigenvalue weighted by Crippen LogP contribution is -2.45. The Balaban J connectivity index is 1.75. The van der Waals surface area contributed by atoms with Crippen LogP contribution in [0.25, 0.3) is 10.9 Å². The van der Waals surface area contributed by atoms with E-state index in [2.05, 4.69) is 6.92 Å². The molecule has 1 aliphatic rings. The molecule has 1 amide bonds. The number of aromatic nitrogens is 2. The summed E-state index contributed by atoms with van der Waals surface area (Å²) in [5.41, 5.74) is 0.118. The van der Waals surface area contributed by atoms with Crippen molar-refractivity contribution in [1.29, 1.82) is 0 Å². The van der Waals surface area contributed by atoms with E-state index in [0.29, 0.717) is 35.5 Å². The molecule has 0 spiro atoms. The number of hydrogen-bond donors (Lipinski definition) is 0. The number of carbonyl (C=O) groups is 1. The van der Waals surface area contributed by atoms with Crippen molar-refractivity contribution >= 4 is 16.8 Å². The third-order valence-corrected chi connectivity index (χ3v) is 5.82. The molecule has 3 aromatic rings. The minimum absolute atomic E-state index is 0.0121. The summed E-state index contributed by atoms with van der Waals surface area (Å²) >= 11 is 0. The highest BCUT2D eigenvalue weighted by molar-refractivity contribution is 5.81. The molecule has 0 unspecified atom stereocenters. The second-order valence-corrected chi connectivity index (χ2v) is 7.97. The number of nitrogens with zero attached hydrogens (tertiary/aromatic N) is 3. The molecule has 156 valence electrons. The zero-order valence-corrected chi connectivity index (χ0v) is 16.9. The van der Waals surface area contributed by atoms with Crippen LogP contribution in [0, 0.1) is 11.7 Å². The first kappa shape index (κ1) is 20.1. The van der Waals surface area contributed by atoms with Gasteiger partial charge in [0.25, 0.3) is 5.56 Å². The quantitative estimate of drug-likeness (QED) is 0.665. The number of hydrogen-bond acceptors (Lipinski definition) is 3. The van der Waals surface area contributed by atoms with Crippen molar-refractivity contribution in [2.75, 3.05) is 13.1 Å². The molecule has 0 saturated carbocycles. The Morgan fingerprint density at radius 3 is 2.37 bits per heavy atom. The lowest BCUT2D eigenvalue weighted by molar-refractivity contribution is -0.133. The topological polar surface area (TPSA) is 64.3 Å². The maximum absolute atomic E-state index is 13.2. The number of rotatable bonds is 4. The highest BCUT2D eigenvalue weighted by atomic mass is 19.1. The van der Waals surface area contributed by atoms with Crippen LogP contribution < -0.4 is 11.2 Å². The summed E-state index contributed by atoms with van der Waals surface area (Å²) in [6, 6.07) is 12.5. The van der Waals surface area contributed by atoms with E-state index in [1.165, 1.54) is 16.7 Å². The fourth-order valence-corrected chi connectivity index (χ4v) is 3.93. The average Bonchev–Trinajstić information content (AvgIpc) is 2.76. The van der Waals surface area contributed by atoms with Gasteiger partial charge in [-0.15, -0.1) is 0 Å². The molecule has 1 saturated heterocycles. The number of amides is 1. The van der Waals surface area contributed by atoms with Crippen LogP contribution in [0.5, 0.6) is 0 Å². The van der Waals surface area contributed by atoms with Gasteiger partial charge in [-0.1, -0.05) is 31.2 Å².